The lowest BCUT2D eigenvalue weighted by Gasteiger charge is -2.21. The van der Waals surface area contributed by atoms with Gasteiger partial charge in [-0.05, 0) is 25.0 Å². The lowest BCUT2D eigenvalue weighted by atomic mass is 9.83. The smallest absolute Gasteiger partial charge is 0.204 e. The van der Waals surface area contributed by atoms with Gasteiger partial charge in [0.2, 0.25) is 5.75 Å². The van der Waals surface area contributed by atoms with Crippen LogP contribution in [-0.4, -0.2) is 32.9 Å². The molecule has 0 radical (unpaired) electrons. The van der Waals surface area contributed by atoms with Crippen LogP contribution in [0.15, 0.2) is 12.1 Å². The average Bonchev–Trinajstić information content (AvgIpc) is 2.52. The van der Waals surface area contributed by atoms with E-state index in [9.17, 15) is 9.59 Å². The maximum atomic E-state index is 12.7. The molecule has 21 heavy (non-hydrogen) atoms. The highest BCUT2D eigenvalue weighted by Crippen LogP contribution is 2.41. The molecule has 1 aromatic carbocycles. The normalized spacial score (nSPS) is 18.2. The molecule has 0 N–H and O–H groups in total. The van der Waals surface area contributed by atoms with Crippen molar-refractivity contribution in [2.45, 2.75) is 25.7 Å². The molecule has 2 rings (SSSR count). The van der Waals surface area contributed by atoms with E-state index < -0.39 is 0 Å². The highest BCUT2D eigenvalue weighted by molar-refractivity contribution is 6.03. The molecule has 0 saturated heterocycles. The van der Waals surface area contributed by atoms with Gasteiger partial charge in [0, 0.05) is 18.8 Å². The summed E-state index contributed by atoms with van der Waals surface area (Å²) in [5.41, 5.74) is 0.440. The number of carbonyl (C=O) groups is 2. The second-order valence-corrected chi connectivity index (χ2v) is 5.08. The van der Waals surface area contributed by atoms with Gasteiger partial charge in [-0.25, -0.2) is 0 Å². The maximum absolute atomic E-state index is 12.7. The first-order chi connectivity index (χ1) is 10.1. The van der Waals surface area contributed by atoms with E-state index in [-0.39, 0.29) is 17.5 Å². The number of methoxy groups -OCH3 is 3. The molecule has 1 atom stereocenters. The molecule has 5 nitrogen and oxygen atoms in total. The van der Waals surface area contributed by atoms with Crippen LogP contribution in [0.1, 0.15) is 36.0 Å². The number of benzene rings is 1. The van der Waals surface area contributed by atoms with Gasteiger partial charge < -0.3 is 14.2 Å². The molecule has 1 aliphatic carbocycles. The molecule has 0 aromatic heterocycles. The summed E-state index contributed by atoms with van der Waals surface area (Å²) in [7, 11) is 4.51. The molecule has 0 amide bonds. The van der Waals surface area contributed by atoms with Crippen LogP contribution in [0, 0.1) is 5.92 Å². The molecule has 0 heterocycles. The number of hydrogen-bond acceptors (Lipinski definition) is 5. The Morgan fingerprint density at radius 1 is 1.10 bits per heavy atom. The van der Waals surface area contributed by atoms with Crippen molar-refractivity contribution < 1.29 is 23.8 Å². The third-order valence-corrected chi connectivity index (χ3v) is 3.82. The first kappa shape index (κ1) is 15.4. The van der Waals surface area contributed by atoms with Crippen LogP contribution in [0.5, 0.6) is 17.2 Å². The molecule has 114 valence electrons. The second kappa shape index (κ2) is 6.61. The fraction of sp³-hybridized carbons (Fsp3) is 0.500. The lowest BCUT2D eigenvalue weighted by molar-refractivity contribution is -0.121. The van der Waals surface area contributed by atoms with Crippen molar-refractivity contribution >= 4 is 11.6 Å². The minimum Gasteiger partial charge on any atom is -0.493 e. The summed E-state index contributed by atoms with van der Waals surface area (Å²) in [5, 5.41) is 0. The molecule has 0 aliphatic heterocycles. The van der Waals surface area contributed by atoms with E-state index in [2.05, 4.69) is 0 Å². The molecule has 0 bridgehead atoms. The van der Waals surface area contributed by atoms with Crippen molar-refractivity contribution in [3.63, 3.8) is 0 Å². The van der Waals surface area contributed by atoms with E-state index in [4.69, 9.17) is 14.2 Å². The number of ether oxygens (including phenoxy) is 3. The van der Waals surface area contributed by atoms with E-state index >= 15 is 0 Å². The summed E-state index contributed by atoms with van der Waals surface area (Å²) in [6, 6.07) is 3.35. The van der Waals surface area contributed by atoms with Gasteiger partial charge in [0.05, 0.1) is 26.9 Å². The Bertz CT molecular complexity index is 550. The Morgan fingerprint density at radius 2 is 1.81 bits per heavy atom. The Hall–Kier alpha value is -2.04. The lowest BCUT2D eigenvalue weighted by Crippen LogP contribution is -2.23. The predicted molar refractivity (Wildman–Crippen MR) is 77.4 cm³/mol. The number of rotatable bonds is 5. The van der Waals surface area contributed by atoms with Gasteiger partial charge in [0.25, 0.3) is 0 Å². The first-order valence-electron chi connectivity index (χ1n) is 6.97. The topological polar surface area (TPSA) is 61.8 Å². The van der Waals surface area contributed by atoms with E-state index in [1.54, 1.807) is 12.1 Å². The van der Waals surface area contributed by atoms with Crippen LogP contribution >= 0.6 is 0 Å². The quantitative estimate of drug-likeness (QED) is 0.781. The SMILES string of the molecule is COc1ccc(C(=O)C2CCCC(=O)C2)c(OC)c1OC. The summed E-state index contributed by atoms with van der Waals surface area (Å²) in [6.45, 7) is 0. The zero-order chi connectivity index (χ0) is 15.4. The third-order valence-electron chi connectivity index (χ3n) is 3.82. The molecule has 1 fully saturated rings. The van der Waals surface area contributed by atoms with Crippen molar-refractivity contribution in [2.75, 3.05) is 21.3 Å². The van der Waals surface area contributed by atoms with E-state index in [1.807, 2.05) is 0 Å². The molecule has 1 saturated carbocycles. The fourth-order valence-electron chi connectivity index (χ4n) is 2.76. The molecular formula is C16H20O5. The molecule has 0 spiro atoms. The maximum Gasteiger partial charge on any atom is 0.204 e. The van der Waals surface area contributed by atoms with Crippen LogP contribution < -0.4 is 14.2 Å². The van der Waals surface area contributed by atoms with Crippen LogP contribution in [0.2, 0.25) is 0 Å². The molecule has 1 aromatic rings. The van der Waals surface area contributed by atoms with Crippen LogP contribution in [0.3, 0.4) is 0 Å². The van der Waals surface area contributed by atoms with Gasteiger partial charge in [-0.3, -0.25) is 9.59 Å². The summed E-state index contributed by atoms with van der Waals surface area (Å²) in [5.74, 6) is 1.08. The minimum absolute atomic E-state index is 0.0687. The largest absolute Gasteiger partial charge is 0.493 e. The predicted octanol–water partition coefficient (Wildman–Crippen LogP) is 2.65. The molecule has 1 aliphatic rings. The number of hydrogen-bond donors (Lipinski definition) is 0. The van der Waals surface area contributed by atoms with E-state index in [0.29, 0.717) is 35.7 Å². The number of ketones is 2. The summed E-state index contributed by atoms with van der Waals surface area (Å²) >= 11 is 0. The Labute approximate surface area is 124 Å². The van der Waals surface area contributed by atoms with E-state index in [0.717, 1.165) is 12.8 Å². The first-order valence-corrected chi connectivity index (χ1v) is 6.97. The minimum atomic E-state index is -0.266. The monoisotopic (exact) mass is 292 g/mol. The second-order valence-electron chi connectivity index (χ2n) is 5.08. The van der Waals surface area contributed by atoms with Gasteiger partial charge in [-0.15, -0.1) is 0 Å². The van der Waals surface area contributed by atoms with Crippen molar-refractivity contribution in [1.82, 2.24) is 0 Å². The average molecular weight is 292 g/mol. The zero-order valence-corrected chi connectivity index (χ0v) is 12.6. The third kappa shape index (κ3) is 3.01. The molecular weight excluding hydrogens is 272 g/mol. The van der Waals surface area contributed by atoms with Crippen LogP contribution in [-0.2, 0) is 4.79 Å². The van der Waals surface area contributed by atoms with Crippen molar-refractivity contribution in [1.29, 1.82) is 0 Å². The molecule has 1 unspecified atom stereocenters. The van der Waals surface area contributed by atoms with Crippen molar-refractivity contribution in [3.8, 4) is 17.2 Å². The van der Waals surface area contributed by atoms with Gasteiger partial charge in [-0.2, -0.15) is 0 Å². The van der Waals surface area contributed by atoms with Gasteiger partial charge in [0.1, 0.15) is 5.78 Å². The van der Waals surface area contributed by atoms with E-state index in [1.165, 1.54) is 21.3 Å². The summed E-state index contributed by atoms with van der Waals surface area (Å²) in [4.78, 5) is 24.2. The summed E-state index contributed by atoms with van der Waals surface area (Å²) < 4.78 is 15.8. The van der Waals surface area contributed by atoms with Gasteiger partial charge in [0.15, 0.2) is 17.3 Å². The van der Waals surface area contributed by atoms with Crippen LogP contribution in [0.4, 0.5) is 0 Å². The van der Waals surface area contributed by atoms with Crippen LogP contribution in [0.25, 0.3) is 0 Å². The number of carbonyl (C=O) groups excluding carboxylic acids is 2. The zero-order valence-electron chi connectivity index (χ0n) is 12.6. The Balaban J connectivity index is 2.38. The molecule has 5 heteroatoms. The van der Waals surface area contributed by atoms with Gasteiger partial charge in [-0.1, -0.05) is 0 Å². The standard InChI is InChI=1S/C16H20O5/c1-19-13-8-7-12(15(20-2)16(13)21-3)14(18)10-5-4-6-11(17)9-10/h7-8,10H,4-6,9H2,1-3H3. The highest BCUT2D eigenvalue weighted by atomic mass is 16.5. The van der Waals surface area contributed by atoms with Gasteiger partial charge >= 0.3 is 0 Å². The van der Waals surface area contributed by atoms with Crippen molar-refractivity contribution in [3.05, 3.63) is 17.7 Å². The Morgan fingerprint density at radius 3 is 2.38 bits per heavy atom. The fourth-order valence-corrected chi connectivity index (χ4v) is 2.76. The number of Topliss-reactive ketones (excluding diaryl/α,β-unsaturated/α-hetero) is 2. The Kier molecular flexibility index (Phi) is 4.83. The highest BCUT2D eigenvalue weighted by Gasteiger charge is 2.30. The summed E-state index contributed by atoms with van der Waals surface area (Å²) in [6.07, 6.45) is 2.40. The van der Waals surface area contributed by atoms with Crippen molar-refractivity contribution in [2.24, 2.45) is 5.92 Å².